The highest BCUT2D eigenvalue weighted by Gasteiger charge is 2.42. The van der Waals surface area contributed by atoms with E-state index in [-0.39, 0.29) is 6.42 Å². The standard InChI is InChI=1S/C27H27F3N6O5/c28-27(29,30)25(40)41-24(39)14-21(19-8-6-18(7-9-19)20-4-1-3-17(13-20)15-31)36-23(38)16-35-22(37)5-2-10-32-26-33-11-12-34-26/h1,3-4,6-9,13,21H,2,5,10-12,14,16H2,(H,35,37)(H,36,38)(H2,32,33,34). The van der Waals surface area contributed by atoms with Gasteiger partial charge in [0.1, 0.15) is 0 Å². The first-order valence-corrected chi connectivity index (χ1v) is 12.6. The normalized spacial score (nSPS) is 13.2. The summed E-state index contributed by atoms with van der Waals surface area (Å²) in [4.78, 5) is 52.0. The van der Waals surface area contributed by atoms with Crippen LogP contribution in [0.2, 0.25) is 0 Å². The molecule has 1 heterocycles. The Bertz CT molecular complexity index is 1340. The summed E-state index contributed by atoms with van der Waals surface area (Å²) < 4.78 is 41.5. The van der Waals surface area contributed by atoms with Gasteiger partial charge in [-0.3, -0.25) is 19.4 Å². The molecule has 2 aromatic rings. The minimum Gasteiger partial charge on any atom is -0.386 e. The number of carbonyl (C=O) groups is 4. The van der Waals surface area contributed by atoms with E-state index in [1.165, 1.54) is 12.1 Å². The summed E-state index contributed by atoms with van der Waals surface area (Å²) in [7, 11) is 0. The molecule has 0 bridgehead atoms. The maximum atomic E-state index is 12.6. The smallest absolute Gasteiger partial charge is 0.386 e. The Morgan fingerprint density at radius 1 is 1.07 bits per heavy atom. The predicted molar refractivity (Wildman–Crippen MR) is 140 cm³/mol. The van der Waals surface area contributed by atoms with E-state index in [9.17, 15) is 32.3 Å². The number of hydrogen-bond acceptors (Lipinski definition) is 9. The summed E-state index contributed by atoms with van der Waals surface area (Å²) in [5.74, 6) is -4.63. The van der Waals surface area contributed by atoms with E-state index in [0.29, 0.717) is 42.2 Å². The number of carbonyl (C=O) groups excluding carboxylic acids is 4. The van der Waals surface area contributed by atoms with E-state index < -0.39 is 48.9 Å². The van der Waals surface area contributed by atoms with Crippen LogP contribution in [-0.2, 0) is 23.9 Å². The van der Waals surface area contributed by atoms with Crippen molar-refractivity contribution in [1.29, 1.82) is 5.26 Å². The molecule has 0 radical (unpaired) electrons. The molecule has 0 spiro atoms. The van der Waals surface area contributed by atoms with Crippen molar-refractivity contribution in [1.82, 2.24) is 21.3 Å². The largest absolute Gasteiger partial charge is 0.491 e. The van der Waals surface area contributed by atoms with Gasteiger partial charge >= 0.3 is 18.1 Å². The number of alkyl halides is 3. The molecular weight excluding hydrogens is 545 g/mol. The van der Waals surface area contributed by atoms with Gasteiger partial charge in [0.2, 0.25) is 11.8 Å². The SMILES string of the molecule is N#Cc1cccc(-c2ccc(C(CC(=O)OC(=O)C(F)(F)F)NC(=O)CNC(=O)CCCNC3=NCCN3)cc2)c1. The summed E-state index contributed by atoms with van der Waals surface area (Å²) in [6.07, 6.45) is -5.56. The zero-order chi connectivity index (χ0) is 29.8. The maximum Gasteiger partial charge on any atom is 0.491 e. The summed E-state index contributed by atoms with van der Waals surface area (Å²) in [6.45, 7) is 1.46. The number of ether oxygens (including phenoxy) is 1. The molecule has 2 aromatic carbocycles. The van der Waals surface area contributed by atoms with Crippen molar-refractivity contribution in [2.24, 2.45) is 4.99 Å². The van der Waals surface area contributed by atoms with Gasteiger partial charge in [0.25, 0.3) is 0 Å². The fraction of sp³-hybridized carbons (Fsp3) is 0.333. The van der Waals surface area contributed by atoms with E-state index in [0.717, 1.165) is 12.1 Å². The first-order valence-electron chi connectivity index (χ1n) is 12.6. The number of aliphatic imine (C=N–C) groups is 1. The molecule has 4 N–H and O–H groups in total. The Morgan fingerprint density at radius 3 is 2.49 bits per heavy atom. The molecule has 0 saturated carbocycles. The van der Waals surface area contributed by atoms with Gasteiger partial charge in [0, 0.05) is 19.5 Å². The van der Waals surface area contributed by atoms with Crippen LogP contribution in [0.5, 0.6) is 0 Å². The van der Waals surface area contributed by atoms with Crippen molar-refractivity contribution >= 4 is 29.7 Å². The third-order valence-corrected chi connectivity index (χ3v) is 5.78. The average molecular weight is 573 g/mol. The fourth-order valence-electron chi connectivity index (χ4n) is 3.78. The van der Waals surface area contributed by atoms with Gasteiger partial charge in [-0.2, -0.15) is 18.4 Å². The molecule has 0 saturated heterocycles. The van der Waals surface area contributed by atoms with Crippen LogP contribution in [0.25, 0.3) is 11.1 Å². The molecular formula is C27H27F3N6O5. The lowest BCUT2D eigenvalue weighted by Crippen LogP contribution is -2.40. The van der Waals surface area contributed by atoms with Crippen LogP contribution in [0, 0.1) is 11.3 Å². The second-order valence-electron chi connectivity index (χ2n) is 8.86. The molecule has 0 fully saturated rings. The third kappa shape index (κ3) is 9.95. The van der Waals surface area contributed by atoms with Crippen molar-refractivity contribution < 1.29 is 37.1 Å². The lowest BCUT2D eigenvalue weighted by Gasteiger charge is -2.19. The Balaban J connectivity index is 1.61. The zero-order valence-corrected chi connectivity index (χ0v) is 21.7. The van der Waals surface area contributed by atoms with Crippen LogP contribution in [0.3, 0.4) is 0 Å². The summed E-state index contributed by atoms with van der Waals surface area (Å²) >= 11 is 0. The molecule has 1 atom stereocenters. The molecule has 216 valence electrons. The van der Waals surface area contributed by atoms with Gasteiger partial charge < -0.3 is 26.0 Å². The lowest BCUT2D eigenvalue weighted by atomic mass is 9.98. The topological polar surface area (TPSA) is 162 Å². The number of nitrogens with zero attached hydrogens (tertiary/aromatic N) is 2. The Labute approximate surface area is 233 Å². The van der Waals surface area contributed by atoms with Gasteiger partial charge in [-0.05, 0) is 35.2 Å². The predicted octanol–water partition coefficient (Wildman–Crippen LogP) is 1.85. The number of amides is 2. The van der Waals surface area contributed by atoms with Crippen LogP contribution >= 0.6 is 0 Å². The minimum absolute atomic E-state index is 0.122. The first-order chi connectivity index (χ1) is 19.5. The van der Waals surface area contributed by atoms with Crippen molar-refractivity contribution in [3.05, 3.63) is 59.7 Å². The van der Waals surface area contributed by atoms with Gasteiger partial charge in [0.05, 0.1) is 37.2 Å². The maximum absolute atomic E-state index is 12.6. The van der Waals surface area contributed by atoms with E-state index in [1.54, 1.807) is 36.4 Å². The average Bonchev–Trinajstić information content (AvgIpc) is 3.47. The number of guanidine groups is 1. The van der Waals surface area contributed by atoms with Gasteiger partial charge in [-0.1, -0.05) is 36.4 Å². The van der Waals surface area contributed by atoms with Crippen molar-refractivity contribution in [3.8, 4) is 17.2 Å². The molecule has 2 amide bonds. The molecule has 1 unspecified atom stereocenters. The molecule has 14 heteroatoms. The third-order valence-electron chi connectivity index (χ3n) is 5.78. The summed E-state index contributed by atoms with van der Waals surface area (Å²) in [5, 5.41) is 20.1. The molecule has 1 aliphatic rings. The highest BCUT2D eigenvalue weighted by Crippen LogP contribution is 2.25. The number of nitriles is 1. The minimum atomic E-state index is -5.37. The highest BCUT2D eigenvalue weighted by molar-refractivity contribution is 5.89. The number of halogens is 3. The van der Waals surface area contributed by atoms with Gasteiger partial charge in [0.15, 0.2) is 5.96 Å². The van der Waals surface area contributed by atoms with Crippen molar-refractivity contribution in [3.63, 3.8) is 0 Å². The molecule has 3 rings (SSSR count). The monoisotopic (exact) mass is 572 g/mol. The molecule has 1 aliphatic heterocycles. The number of nitrogens with one attached hydrogen (secondary N) is 4. The Hall–Kier alpha value is -4.93. The number of hydrogen-bond donors (Lipinski definition) is 4. The molecule has 11 nitrogen and oxygen atoms in total. The number of benzene rings is 2. The van der Waals surface area contributed by atoms with Crippen LogP contribution < -0.4 is 21.3 Å². The summed E-state index contributed by atoms with van der Waals surface area (Å²) in [6, 6.07) is 14.0. The second kappa shape index (κ2) is 14.5. The molecule has 41 heavy (non-hydrogen) atoms. The fourth-order valence-corrected chi connectivity index (χ4v) is 3.78. The van der Waals surface area contributed by atoms with E-state index in [2.05, 4.69) is 31.0 Å². The Morgan fingerprint density at radius 2 is 1.83 bits per heavy atom. The number of rotatable bonds is 11. The van der Waals surface area contributed by atoms with Crippen LogP contribution in [0.4, 0.5) is 13.2 Å². The summed E-state index contributed by atoms with van der Waals surface area (Å²) in [5.41, 5.74) is 2.18. The van der Waals surface area contributed by atoms with Crippen LogP contribution in [-0.4, -0.2) is 62.1 Å². The van der Waals surface area contributed by atoms with Crippen LogP contribution in [0.15, 0.2) is 53.5 Å². The zero-order valence-electron chi connectivity index (χ0n) is 21.7. The van der Waals surface area contributed by atoms with Crippen molar-refractivity contribution in [2.75, 3.05) is 26.2 Å². The van der Waals surface area contributed by atoms with Crippen LogP contribution in [0.1, 0.15) is 36.4 Å². The van der Waals surface area contributed by atoms with E-state index in [1.807, 2.05) is 6.07 Å². The highest BCUT2D eigenvalue weighted by atomic mass is 19.4. The number of esters is 2. The quantitative estimate of drug-likeness (QED) is 0.180. The molecule has 0 aliphatic carbocycles. The Kier molecular flexibility index (Phi) is 10.8. The second-order valence-corrected chi connectivity index (χ2v) is 8.86. The van der Waals surface area contributed by atoms with Gasteiger partial charge in [-0.15, -0.1) is 0 Å². The van der Waals surface area contributed by atoms with E-state index in [4.69, 9.17) is 5.26 Å². The van der Waals surface area contributed by atoms with Gasteiger partial charge in [-0.25, -0.2) is 4.79 Å². The first kappa shape index (κ1) is 30.6. The van der Waals surface area contributed by atoms with Crippen molar-refractivity contribution in [2.45, 2.75) is 31.5 Å². The van der Waals surface area contributed by atoms with E-state index >= 15 is 0 Å². The molecule has 0 aromatic heterocycles. The lowest BCUT2D eigenvalue weighted by molar-refractivity contribution is -0.202.